The summed E-state index contributed by atoms with van der Waals surface area (Å²) in [5, 5.41) is 2.74. The molecule has 2 aromatic carbocycles. The number of halogens is 1. The molecular weight excluding hydrogens is 343 g/mol. The molecule has 134 valence electrons. The molecule has 0 fully saturated rings. The number of benzene rings is 2. The number of aryl methyl sites for hydroxylation is 1. The molecule has 0 unspecified atom stereocenters. The van der Waals surface area contributed by atoms with Gasteiger partial charge in [-0.05, 0) is 43.7 Å². The number of nitrogens with one attached hydrogen (secondary N) is 1. The summed E-state index contributed by atoms with van der Waals surface area (Å²) >= 11 is 0. The van der Waals surface area contributed by atoms with Crippen LogP contribution in [0.1, 0.15) is 18.1 Å². The van der Waals surface area contributed by atoms with Gasteiger partial charge in [-0.15, -0.1) is 0 Å². The van der Waals surface area contributed by atoms with Gasteiger partial charge < -0.3 is 5.32 Å². The van der Waals surface area contributed by atoms with Crippen molar-refractivity contribution in [2.75, 3.05) is 10.6 Å². The van der Waals surface area contributed by atoms with Crippen LogP contribution in [0.4, 0.5) is 10.1 Å². The standard InChI is InChI=1S/C18H21FN2O3S/c1-13-5-4-6-15(11-13)12-20-18(22)14(2)21(25(3,23)24)17-9-7-16(19)8-10-17/h4-11,14H,12H2,1-3H3,(H,20,22)/t14-/m1/s1. The van der Waals surface area contributed by atoms with E-state index in [-0.39, 0.29) is 5.69 Å². The van der Waals surface area contributed by atoms with Crippen molar-refractivity contribution in [2.24, 2.45) is 0 Å². The number of carbonyl (C=O) groups excluding carboxylic acids is 1. The smallest absolute Gasteiger partial charge is 0.243 e. The van der Waals surface area contributed by atoms with Gasteiger partial charge in [-0.3, -0.25) is 9.10 Å². The molecule has 25 heavy (non-hydrogen) atoms. The van der Waals surface area contributed by atoms with E-state index in [1.54, 1.807) is 0 Å². The summed E-state index contributed by atoms with van der Waals surface area (Å²) in [5.74, 6) is -0.912. The first kappa shape index (κ1) is 18.9. The Morgan fingerprint density at radius 3 is 2.40 bits per heavy atom. The minimum Gasteiger partial charge on any atom is -0.350 e. The Kier molecular flexibility index (Phi) is 5.79. The number of sulfonamides is 1. The van der Waals surface area contributed by atoms with Crippen LogP contribution in [-0.4, -0.2) is 26.6 Å². The van der Waals surface area contributed by atoms with Gasteiger partial charge in [-0.1, -0.05) is 29.8 Å². The molecule has 0 saturated heterocycles. The highest BCUT2D eigenvalue weighted by molar-refractivity contribution is 7.92. The Morgan fingerprint density at radius 2 is 1.84 bits per heavy atom. The average Bonchev–Trinajstić information content (AvgIpc) is 2.53. The molecule has 0 aromatic heterocycles. The van der Waals surface area contributed by atoms with Gasteiger partial charge in [0.25, 0.3) is 0 Å². The van der Waals surface area contributed by atoms with Crippen molar-refractivity contribution < 1.29 is 17.6 Å². The van der Waals surface area contributed by atoms with Crippen molar-refractivity contribution in [1.82, 2.24) is 5.32 Å². The molecule has 1 amide bonds. The molecule has 2 aromatic rings. The van der Waals surface area contributed by atoms with Crippen LogP contribution in [0.2, 0.25) is 0 Å². The van der Waals surface area contributed by atoms with E-state index in [0.29, 0.717) is 6.54 Å². The van der Waals surface area contributed by atoms with Crippen LogP contribution in [0.25, 0.3) is 0 Å². The highest BCUT2D eigenvalue weighted by Crippen LogP contribution is 2.21. The van der Waals surface area contributed by atoms with Crippen molar-refractivity contribution in [3.8, 4) is 0 Å². The number of carbonyl (C=O) groups is 1. The lowest BCUT2D eigenvalue weighted by Crippen LogP contribution is -2.47. The Hall–Kier alpha value is -2.41. The Labute approximate surface area is 147 Å². The van der Waals surface area contributed by atoms with E-state index in [1.165, 1.54) is 19.1 Å². The largest absolute Gasteiger partial charge is 0.350 e. The molecule has 5 nitrogen and oxygen atoms in total. The van der Waals surface area contributed by atoms with E-state index in [4.69, 9.17) is 0 Å². The number of hydrogen-bond acceptors (Lipinski definition) is 3. The molecule has 0 spiro atoms. The van der Waals surface area contributed by atoms with E-state index in [0.717, 1.165) is 33.8 Å². The van der Waals surface area contributed by atoms with Crippen LogP contribution in [-0.2, 0) is 21.4 Å². The van der Waals surface area contributed by atoms with E-state index < -0.39 is 27.8 Å². The predicted octanol–water partition coefficient (Wildman–Crippen LogP) is 2.61. The number of anilines is 1. The summed E-state index contributed by atoms with van der Waals surface area (Å²) in [6.45, 7) is 3.75. The molecule has 0 saturated carbocycles. The zero-order chi connectivity index (χ0) is 18.6. The van der Waals surface area contributed by atoms with Crippen LogP contribution in [0.15, 0.2) is 48.5 Å². The quantitative estimate of drug-likeness (QED) is 0.857. The van der Waals surface area contributed by atoms with Crippen molar-refractivity contribution in [1.29, 1.82) is 0 Å². The summed E-state index contributed by atoms with van der Waals surface area (Å²) in [6, 6.07) is 11.7. The van der Waals surface area contributed by atoms with Crippen molar-refractivity contribution in [3.63, 3.8) is 0 Å². The minimum atomic E-state index is -3.71. The maximum atomic E-state index is 13.1. The third-order valence-corrected chi connectivity index (χ3v) is 4.96. The highest BCUT2D eigenvalue weighted by Gasteiger charge is 2.28. The second kappa shape index (κ2) is 7.65. The van der Waals surface area contributed by atoms with Crippen LogP contribution < -0.4 is 9.62 Å². The van der Waals surface area contributed by atoms with E-state index in [2.05, 4.69) is 5.32 Å². The summed E-state index contributed by atoms with van der Waals surface area (Å²) in [6.07, 6.45) is 1.01. The van der Waals surface area contributed by atoms with E-state index in [9.17, 15) is 17.6 Å². The normalized spacial score (nSPS) is 12.5. The molecule has 1 N–H and O–H groups in total. The Morgan fingerprint density at radius 1 is 1.20 bits per heavy atom. The van der Waals surface area contributed by atoms with Gasteiger partial charge in [0, 0.05) is 6.54 Å². The first-order chi connectivity index (χ1) is 11.7. The van der Waals surface area contributed by atoms with E-state index in [1.807, 2.05) is 31.2 Å². The van der Waals surface area contributed by atoms with Crippen LogP contribution in [0, 0.1) is 12.7 Å². The lowest BCUT2D eigenvalue weighted by molar-refractivity contribution is -0.122. The SMILES string of the molecule is Cc1cccc(CNC(=O)[C@@H](C)N(c2ccc(F)cc2)S(C)(=O)=O)c1. The number of nitrogens with zero attached hydrogens (tertiary/aromatic N) is 1. The fourth-order valence-corrected chi connectivity index (χ4v) is 3.73. The molecule has 1 atom stereocenters. The maximum absolute atomic E-state index is 13.1. The molecule has 0 bridgehead atoms. The zero-order valence-corrected chi connectivity index (χ0v) is 15.2. The van der Waals surface area contributed by atoms with Crippen LogP contribution >= 0.6 is 0 Å². The average molecular weight is 364 g/mol. The molecule has 0 aliphatic heterocycles. The number of hydrogen-bond donors (Lipinski definition) is 1. The summed E-state index contributed by atoms with van der Waals surface area (Å²) in [7, 11) is -3.71. The fourth-order valence-electron chi connectivity index (χ4n) is 2.56. The Balaban J connectivity index is 2.17. The first-order valence-electron chi connectivity index (χ1n) is 7.76. The monoisotopic (exact) mass is 364 g/mol. The van der Waals surface area contributed by atoms with E-state index >= 15 is 0 Å². The Bertz CT molecular complexity index is 851. The second-order valence-corrected chi connectivity index (χ2v) is 7.78. The second-order valence-electron chi connectivity index (χ2n) is 5.92. The van der Waals surface area contributed by atoms with Crippen LogP contribution in [0.3, 0.4) is 0 Å². The third kappa shape index (κ3) is 5.03. The minimum absolute atomic E-state index is 0.238. The zero-order valence-electron chi connectivity index (χ0n) is 14.4. The summed E-state index contributed by atoms with van der Waals surface area (Å²) in [4.78, 5) is 12.4. The molecule has 0 aliphatic rings. The maximum Gasteiger partial charge on any atom is 0.243 e. The third-order valence-electron chi connectivity index (χ3n) is 3.72. The van der Waals surface area contributed by atoms with Crippen molar-refractivity contribution in [3.05, 3.63) is 65.5 Å². The van der Waals surface area contributed by atoms with Gasteiger partial charge in [-0.2, -0.15) is 0 Å². The lowest BCUT2D eigenvalue weighted by Gasteiger charge is -2.28. The highest BCUT2D eigenvalue weighted by atomic mass is 32.2. The topological polar surface area (TPSA) is 66.5 Å². The lowest BCUT2D eigenvalue weighted by atomic mass is 10.1. The molecule has 0 radical (unpaired) electrons. The van der Waals surface area contributed by atoms with Crippen molar-refractivity contribution in [2.45, 2.75) is 26.4 Å². The first-order valence-corrected chi connectivity index (χ1v) is 9.61. The van der Waals surface area contributed by atoms with Gasteiger partial charge in [0.2, 0.25) is 15.9 Å². The molecular formula is C18H21FN2O3S. The van der Waals surface area contributed by atoms with Gasteiger partial charge >= 0.3 is 0 Å². The van der Waals surface area contributed by atoms with Gasteiger partial charge in [0.1, 0.15) is 11.9 Å². The summed E-state index contributed by atoms with van der Waals surface area (Å²) < 4.78 is 38.4. The fraction of sp³-hybridized carbons (Fsp3) is 0.278. The number of amides is 1. The molecule has 0 aliphatic carbocycles. The van der Waals surface area contributed by atoms with Gasteiger partial charge in [-0.25, -0.2) is 12.8 Å². The summed E-state index contributed by atoms with van der Waals surface area (Å²) in [5.41, 5.74) is 2.24. The molecule has 0 heterocycles. The molecule has 2 rings (SSSR count). The number of rotatable bonds is 6. The van der Waals surface area contributed by atoms with Crippen LogP contribution in [0.5, 0.6) is 0 Å². The van der Waals surface area contributed by atoms with Crippen molar-refractivity contribution >= 4 is 21.6 Å². The van der Waals surface area contributed by atoms with Gasteiger partial charge in [0.15, 0.2) is 0 Å². The van der Waals surface area contributed by atoms with Gasteiger partial charge in [0.05, 0.1) is 11.9 Å². The molecule has 7 heteroatoms. The predicted molar refractivity (Wildman–Crippen MR) is 96.2 cm³/mol.